The minimum Gasteiger partial charge on any atom is -0.392 e. The maximum atomic E-state index is 13.0. The summed E-state index contributed by atoms with van der Waals surface area (Å²) in [6.07, 6.45) is 2.53. The van der Waals surface area contributed by atoms with Crippen molar-refractivity contribution in [2.24, 2.45) is 5.92 Å². The lowest BCUT2D eigenvalue weighted by Gasteiger charge is -2.29. The van der Waals surface area contributed by atoms with Crippen LogP contribution in [0.1, 0.15) is 31.2 Å². The highest BCUT2D eigenvalue weighted by Crippen LogP contribution is 2.18. The Kier molecular flexibility index (Phi) is 9.11. The summed E-state index contributed by atoms with van der Waals surface area (Å²) in [5, 5.41) is 23.2. The van der Waals surface area contributed by atoms with Gasteiger partial charge in [-0.15, -0.1) is 0 Å². The number of hydrogen-bond acceptors (Lipinski definition) is 7. The molecule has 11 heteroatoms. The highest BCUT2D eigenvalue weighted by Gasteiger charge is 2.26. The number of carbonyl (C=O) groups is 1. The predicted octanol–water partition coefficient (Wildman–Crippen LogP) is 2.00. The Bertz CT molecular complexity index is 1060. The van der Waals surface area contributed by atoms with E-state index in [1.165, 1.54) is 0 Å². The van der Waals surface area contributed by atoms with E-state index in [1.54, 1.807) is 0 Å². The molecule has 0 aromatic heterocycles. The number of sulfonamides is 1. The first-order chi connectivity index (χ1) is 16.2. The number of non-ortho nitro benzene ring substituents is 1. The number of aliphatic hydroxyl groups excluding tert-OH is 1. The average Bonchev–Trinajstić information content (AvgIpc) is 2.84. The van der Waals surface area contributed by atoms with Crippen molar-refractivity contribution in [1.29, 1.82) is 0 Å². The Hall–Kier alpha value is -2.86. The Morgan fingerprint density at radius 2 is 1.71 bits per heavy atom. The third-order valence-electron chi connectivity index (χ3n) is 5.74. The quantitative estimate of drug-likeness (QED) is 0.323. The summed E-state index contributed by atoms with van der Waals surface area (Å²) in [5.74, 6) is -0.758. The summed E-state index contributed by atoms with van der Waals surface area (Å²) in [4.78, 5) is 23.0. The average molecular weight is 491 g/mol. The number of hydrogen-bond donors (Lipinski definition) is 3. The Labute approximate surface area is 199 Å². The van der Waals surface area contributed by atoms with Gasteiger partial charge in [-0.1, -0.05) is 36.8 Å². The molecule has 34 heavy (non-hydrogen) atoms. The van der Waals surface area contributed by atoms with Gasteiger partial charge < -0.3 is 5.11 Å². The van der Waals surface area contributed by atoms with E-state index in [9.17, 15) is 28.4 Å². The van der Waals surface area contributed by atoms with Crippen LogP contribution in [0.25, 0.3) is 0 Å². The zero-order chi connectivity index (χ0) is 24.6. The molecule has 1 aliphatic rings. The molecule has 1 aliphatic heterocycles. The third kappa shape index (κ3) is 7.59. The van der Waals surface area contributed by atoms with Gasteiger partial charge in [0.2, 0.25) is 15.9 Å². The molecule has 2 atom stereocenters. The van der Waals surface area contributed by atoms with Crippen molar-refractivity contribution in [3.63, 3.8) is 0 Å². The number of carbonyl (C=O) groups excluding carboxylic acids is 1. The van der Waals surface area contributed by atoms with Crippen LogP contribution in [-0.2, 0) is 21.2 Å². The minimum absolute atomic E-state index is 0.0668. The lowest BCUT2D eigenvalue weighted by Crippen LogP contribution is -2.48. The molecular weight excluding hydrogens is 460 g/mol. The lowest BCUT2D eigenvalue weighted by atomic mass is 9.93. The smallest absolute Gasteiger partial charge is 0.269 e. The zero-order valence-corrected chi connectivity index (χ0v) is 19.6. The first-order valence-corrected chi connectivity index (χ1v) is 12.7. The highest BCUT2D eigenvalue weighted by molar-refractivity contribution is 7.89. The second-order valence-electron chi connectivity index (χ2n) is 8.40. The number of nitrogens with zero attached hydrogens (tertiary/aromatic N) is 2. The zero-order valence-electron chi connectivity index (χ0n) is 18.8. The third-order valence-corrected chi connectivity index (χ3v) is 7.18. The molecule has 10 nitrogen and oxygen atoms in total. The molecule has 0 radical (unpaired) electrons. The van der Waals surface area contributed by atoms with E-state index in [-0.39, 0.29) is 29.5 Å². The van der Waals surface area contributed by atoms with Crippen LogP contribution in [0, 0.1) is 16.0 Å². The van der Waals surface area contributed by atoms with Crippen LogP contribution in [-0.4, -0.2) is 55.1 Å². The van der Waals surface area contributed by atoms with Crippen molar-refractivity contribution >= 4 is 21.6 Å². The lowest BCUT2D eigenvalue weighted by molar-refractivity contribution is -0.384. The van der Waals surface area contributed by atoms with Crippen LogP contribution in [0.5, 0.6) is 0 Å². The van der Waals surface area contributed by atoms with Crippen molar-refractivity contribution in [3.8, 4) is 0 Å². The number of amides is 1. The van der Waals surface area contributed by atoms with Gasteiger partial charge >= 0.3 is 0 Å². The van der Waals surface area contributed by atoms with E-state index in [0.29, 0.717) is 6.42 Å². The summed E-state index contributed by atoms with van der Waals surface area (Å²) in [6, 6.07) is 13.9. The molecule has 1 amide bonds. The van der Waals surface area contributed by atoms with Gasteiger partial charge in [0.25, 0.3) is 5.69 Å². The molecule has 0 saturated carbocycles. The molecule has 0 bridgehead atoms. The van der Waals surface area contributed by atoms with Crippen LogP contribution in [0.15, 0.2) is 59.5 Å². The molecule has 0 aliphatic carbocycles. The van der Waals surface area contributed by atoms with Crippen molar-refractivity contribution in [1.82, 2.24) is 15.2 Å². The Balaban J connectivity index is 1.62. The van der Waals surface area contributed by atoms with Gasteiger partial charge in [-0.3, -0.25) is 20.3 Å². The fourth-order valence-electron chi connectivity index (χ4n) is 3.88. The summed E-state index contributed by atoms with van der Waals surface area (Å²) in [6.45, 7) is 1.27. The second-order valence-corrected chi connectivity index (χ2v) is 10.2. The molecule has 0 spiro atoms. The van der Waals surface area contributed by atoms with Gasteiger partial charge in [-0.25, -0.2) is 18.1 Å². The number of aliphatic hydroxyl groups is 1. The number of hydrazine groups is 1. The Morgan fingerprint density at radius 1 is 1.06 bits per heavy atom. The monoisotopic (exact) mass is 490 g/mol. The second kappa shape index (κ2) is 12.0. The predicted molar refractivity (Wildman–Crippen MR) is 126 cm³/mol. The van der Waals surface area contributed by atoms with E-state index in [4.69, 9.17) is 0 Å². The largest absolute Gasteiger partial charge is 0.392 e. The van der Waals surface area contributed by atoms with Crippen molar-refractivity contribution in [2.45, 2.75) is 43.1 Å². The molecule has 2 aromatic carbocycles. The molecule has 0 unspecified atom stereocenters. The number of nitro benzene ring substituents is 1. The normalized spacial score (nSPS) is 16.5. The molecule has 184 valence electrons. The summed E-state index contributed by atoms with van der Waals surface area (Å²) in [5.41, 5.74) is 3.67. The van der Waals surface area contributed by atoms with Crippen LogP contribution < -0.4 is 10.1 Å². The molecule has 2 aromatic rings. The van der Waals surface area contributed by atoms with E-state index in [2.05, 4.69) is 10.1 Å². The van der Waals surface area contributed by atoms with Crippen LogP contribution in [0.3, 0.4) is 0 Å². The molecule has 1 heterocycles. The number of piperidine rings is 1. The molecule has 3 N–H and O–H groups in total. The van der Waals surface area contributed by atoms with Crippen LogP contribution >= 0.6 is 0 Å². The van der Waals surface area contributed by atoms with Gasteiger partial charge in [0, 0.05) is 37.7 Å². The van der Waals surface area contributed by atoms with E-state index < -0.39 is 27.0 Å². The summed E-state index contributed by atoms with van der Waals surface area (Å²) >= 11 is 0. The van der Waals surface area contributed by atoms with Crippen molar-refractivity contribution in [3.05, 3.63) is 70.3 Å². The van der Waals surface area contributed by atoms with Gasteiger partial charge in [-0.2, -0.15) is 0 Å². The maximum Gasteiger partial charge on any atom is 0.269 e. The molecule has 1 fully saturated rings. The van der Waals surface area contributed by atoms with Gasteiger partial charge in [0.15, 0.2) is 0 Å². The fourth-order valence-corrected chi connectivity index (χ4v) is 4.96. The van der Waals surface area contributed by atoms with E-state index in [0.717, 1.165) is 62.2 Å². The molecule has 1 saturated heterocycles. The van der Waals surface area contributed by atoms with Gasteiger partial charge in [-0.05, 0) is 43.4 Å². The number of benzene rings is 2. The summed E-state index contributed by atoms with van der Waals surface area (Å²) in [7, 11) is -3.98. The number of nitro groups is 1. The standard InChI is InChI=1S/C23H30N4O6S/c28-21(17-24-34(32,33)22-11-9-20(10-12-22)27(30)31)16-19(15-18-7-3-1-4-8-18)23(29)25-26-13-5-2-6-14-26/h1,3-4,7-12,19,21,24,28H,2,5-6,13-17H2,(H,25,29)/t19-,21+/m1/s1. The van der Waals surface area contributed by atoms with E-state index >= 15 is 0 Å². The van der Waals surface area contributed by atoms with Crippen molar-refractivity contribution < 1.29 is 23.2 Å². The SMILES string of the molecule is O=C(NN1CCCCC1)[C@H](Cc1ccccc1)C[C@H](O)CNS(=O)(=O)c1ccc([N+](=O)[O-])cc1. The fraction of sp³-hybridized carbons (Fsp3) is 0.435. The van der Waals surface area contributed by atoms with E-state index in [1.807, 2.05) is 35.3 Å². The van der Waals surface area contributed by atoms with Gasteiger partial charge in [0.1, 0.15) is 0 Å². The summed E-state index contributed by atoms with van der Waals surface area (Å²) < 4.78 is 27.3. The maximum absolute atomic E-state index is 13.0. The first-order valence-electron chi connectivity index (χ1n) is 11.3. The van der Waals surface area contributed by atoms with Crippen LogP contribution in [0.4, 0.5) is 5.69 Å². The van der Waals surface area contributed by atoms with Crippen molar-refractivity contribution in [2.75, 3.05) is 19.6 Å². The first kappa shape index (κ1) is 25.8. The number of rotatable bonds is 11. The highest BCUT2D eigenvalue weighted by atomic mass is 32.2. The van der Waals surface area contributed by atoms with Crippen LogP contribution in [0.2, 0.25) is 0 Å². The minimum atomic E-state index is -3.98. The number of nitrogens with one attached hydrogen (secondary N) is 2. The molecular formula is C23H30N4O6S. The molecule has 3 rings (SSSR count). The van der Waals surface area contributed by atoms with Gasteiger partial charge in [0.05, 0.1) is 15.9 Å². The Morgan fingerprint density at radius 3 is 2.32 bits per heavy atom. The topological polar surface area (TPSA) is 142 Å².